The standard InChI is InChI=1S/C13H15N5O2S/c1-7-13(8(2)17-16-7)18-21(19,20)12-6-15-11-4-3-9(14)5-10(11)12/h3-6,15,18H,14H2,1-2H3,(H,16,17). The highest BCUT2D eigenvalue weighted by molar-refractivity contribution is 7.93. The van der Waals surface area contributed by atoms with Gasteiger partial charge in [0.1, 0.15) is 4.90 Å². The first-order valence-electron chi connectivity index (χ1n) is 6.29. The fraction of sp³-hybridized carbons (Fsp3) is 0.154. The molecule has 2 heterocycles. The van der Waals surface area contributed by atoms with Crippen LogP contribution in [0.5, 0.6) is 0 Å². The number of benzene rings is 1. The molecule has 3 rings (SSSR count). The molecule has 0 bridgehead atoms. The number of nitrogens with two attached hydrogens (primary N) is 1. The number of hydrogen-bond donors (Lipinski definition) is 4. The van der Waals surface area contributed by atoms with Crippen LogP contribution in [0.4, 0.5) is 11.4 Å². The van der Waals surface area contributed by atoms with Gasteiger partial charge < -0.3 is 10.7 Å². The summed E-state index contributed by atoms with van der Waals surface area (Å²) in [6, 6.07) is 5.10. The van der Waals surface area contributed by atoms with Gasteiger partial charge in [-0.15, -0.1) is 0 Å². The van der Waals surface area contributed by atoms with Crippen molar-refractivity contribution in [1.29, 1.82) is 0 Å². The SMILES string of the molecule is Cc1n[nH]c(C)c1NS(=O)(=O)c1c[nH]c2ccc(N)cc12. The molecule has 1 aromatic carbocycles. The zero-order chi connectivity index (χ0) is 15.2. The largest absolute Gasteiger partial charge is 0.399 e. The molecule has 0 amide bonds. The summed E-state index contributed by atoms with van der Waals surface area (Å²) in [7, 11) is -3.73. The third-order valence-electron chi connectivity index (χ3n) is 3.32. The van der Waals surface area contributed by atoms with E-state index in [0.29, 0.717) is 33.7 Å². The van der Waals surface area contributed by atoms with Crippen LogP contribution in [0.3, 0.4) is 0 Å². The van der Waals surface area contributed by atoms with Crippen molar-refractivity contribution in [3.63, 3.8) is 0 Å². The Morgan fingerprint density at radius 3 is 2.71 bits per heavy atom. The third kappa shape index (κ3) is 2.23. The van der Waals surface area contributed by atoms with Crippen LogP contribution in [0.25, 0.3) is 10.9 Å². The first-order chi connectivity index (χ1) is 9.88. The second-order valence-corrected chi connectivity index (χ2v) is 6.52. The molecule has 0 aliphatic rings. The van der Waals surface area contributed by atoms with Gasteiger partial charge in [0.15, 0.2) is 0 Å². The molecule has 21 heavy (non-hydrogen) atoms. The number of aryl methyl sites for hydroxylation is 2. The van der Waals surface area contributed by atoms with E-state index in [0.717, 1.165) is 0 Å². The fourth-order valence-corrected chi connectivity index (χ4v) is 3.58. The highest BCUT2D eigenvalue weighted by atomic mass is 32.2. The van der Waals surface area contributed by atoms with E-state index in [2.05, 4.69) is 19.9 Å². The summed E-state index contributed by atoms with van der Waals surface area (Å²) in [4.78, 5) is 3.09. The van der Waals surface area contributed by atoms with Crippen molar-refractivity contribution in [2.75, 3.05) is 10.5 Å². The Labute approximate surface area is 121 Å². The first-order valence-corrected chi connectivity index (χ1v) is 7.78. The second-order valence-electron chi connectivity index (χ2n) is 4.87. The van der Waals surface area contributed by atoms with Crippen LogP contribution in [0.2, 0.25) is 0 Å². The molecular weight excluding hydrogens is 290 g/mol. The van der Waals surface area contributed by atoms with Crippen LogP contribution in [-0.4, -0.2) is 23.6 Å². The van der Waals surface area contributed by atoms with Crippen molar-refractivity contribution in [3.8, 4) is 0 Å². The fourth-order valence-electron chi connectivity index (χ4n) is 2.23. The van der Waals surface area contributed by atoms with E-state index < -0.39 is 10.0 Å². The Morgan fingerprint density at radius 1 is 1.29 bits per heavy atom. The van der Waals surface area contributed by atoms with E-state index in [-0.39, 0.29) is 4.90 Å². The summed E-state index contributed by atoms with van der Waals surface area (Å²) >= 11 is 0. The lowest BCUT2D eigenvalue weighted by atomic mass is 10.2. The summed E-state index contributed by atoms with van der Waals surface area (Å²) in [5.41, 5.74) is 8.68. The molecule has 0 radical (unpaired) electrons. The van der Waals surface area contributed by atoms with Crippen molar-refractivity contribution >= 4 is 32.3 Å². The molecule has 0 atom stereocenters. The Hall–Kier alpha value is -2.48. The Balaban J connectivity index is 2.11. The maximum Gasteiger partial charge on any atom is 0.264 e. The van der Waals surface area contributed by atoms with Crippen molar-refractivity contribution in [2.24, 2.45) is 0 Å². The zero-order valence-corrected chi connectivity index (χ0v) is 12.4. The lowest BCUT2D eigenvalue weighted by Gasteiger charge is -2.07. The molecule has 0 aliphatic carbocycles. The number of nitrogens with one attached hydrogen (secondary N) is 3. The van der Waals surface area contributed by atoms with Gasteiger partial charge in [0.05, 0.1) is 17.1 Å². The van der Waals surface area contributed by atoms with Crippen molar-refractivity contribution in [2.45, 2.75) is 18.7 Å². The number of aromatic amines is 2. The first kappa shape index (κ1) is 13.5. The minimum Gasteiger partial charge on any atom is -0.399 e. The summed E-state index contributed by atoms with van der Waals surface area (Å²) < 4.78 is 27.7. The summed E-state index contributed by atoms with van der Waals surface area (Å²) in [5, 5.41) is 7.28. The predicted octanol–water partition coefficient (Wildman–Crippen LogP) is 1.89. The number of sulfonamides is 1. The van der Waals surface area contributed by atoms with Gasteiger partial charge in [-0.2, -0.15) is 5.10 Å². The Bertz CT molecular complexity index is 904. The van der Waals surface area contributed by atoms with Crippen molar-refractivity contribution in [1.82, 2.24) is 15.2 Å². The van der Waals surface area contributed by atoms with Gasteiger partial charge in [-0.3, -0.25) is 9.82 Å². The van der Waals surface area contributed by atoms with E-state index >= 15 is 0 Å². The van der Waals surface area contributed by atoms with Gasteiger partial charge in [0, 0.05) is 22.8 Å². The summed E-state index contributed by atoms with van der Waals surface area (Å²) in [6.07, 6.45) is 1.46. The summed E-state index contributed by atoms with van der Waals surface area (Å²) in [6.45, 7) is 3.49. The highest BCUT2D eigenvalue weighted by Gasteiger charge is 2.21. The molecule has 0 saturated carbocycles. The number of H-pyrrole nitrogens is 2. The molecular formula is C13H15N5O2S. The Kier molecular flexibility index (Phi) is 2.91. The normalized spacial score (nSPS) is 11.9. The number of nitrogen functional groups attached to an aromatic ring is 1. The van der Waals surface area contributed by atoms with Crippen LogP contribution >= 0.6 is 0 Å². The third-order valence-corrected chi connectivity index (χ3v) is 4.71. The molecule has 0 fully saturated rings. The zero-order valence-electron chi connectivity index (χ0n) is 11.6. The van der Waals surface area contributed by atoms with Gasteiger partial charge in [0.25, 0.3) is 10.0 Å². The summed E-state index contributed by atoms with van der Waals surface area (Å²) in [5.74, 6) is 0. The molecule has 2 aromatic heterocycles. The maximum atomic E-state index is 12.6. The number of nitrogens with zero attached hydrogens (tertiary/aromatic N) is 1. The predicted molar refractivity (Wildman–Crippen MR) is 81.6 cm³/mol. The van der Waals surface area contributed by atoms with Gasteiger partial charge >= 0.3 is 0 Å². The van der Waals surface area contributed by atoms with Gasteiger partial charge in [-0.1, -0.05) is 0 Å². The van der Waals surface area contributed by atoms with E-state index in [1.165, 1.54) is 6.20 Å². The van der Waals surface area contributed by atoms with E-state index in [9.17, 15) is 8.42 Å². The average Bonchev–Trinajstić information content (AvgIpc) is 2.97. The molecule has 110 valence electrons. The molecule has 3 aromatic rings. The van der Waals surface area contributed by atoms with E-state index in [1.807, 2.05) is 0 Å². The number of fused-ring (bicyclic) bond motifs is 1. The number of anilines is 2. The van der Waals surface area contributed by atoms with Gasteiger partial charge in [0.2, 0.25) is 0 Å². The van der Waals surface area contributed by atoms with Crippen LogP contribution in [0.15, 0.2) is 29.3 Å². The number of rotatable bonds is 3. The minimum atomic E-state index is -3.73. The van der Waals surface area contributed by atoms with Gasteiger partial charge in [-0.25, -0.2) is 8.42 Å². The maximum absolute atomic E-state index is 12.6. The minimum absolute atomic E-state index is 0.157. The van der Waals surface area contributed by atoms with Crippen molar-refractivity contribution < 1.29 is 8.42 Å². The number of aromatic nitrogens is 3. The molecule has 0 saturated heterocycles. The highest BCUT2D eigenvalue weighted by Crippen LogP contribution is 2.27. The second kappa shape index (κ2) is 4.52. The molecule has 5 N–H and O–H groups in total. The number of hydrogen-bond acceptors (Lipinski definition) is 4. The average molecular weight is 305 g/mol. The molecule has 8 heteroatoms. The molecule has 0 unspecified atom stereocenters. The van der Waals surface area contributed by atoms with Crippen molar-refractivity contribution in [3.05, 3.63) is 35.8 Å². The smallest absolute Gasteiger partial charge is 0.264 e. The quantitative estimate of drug-likeness (QED) is 0.553. The van der Waals surface area contributed by atoms with E-state index in [1.54, 1.807) is 32.0 Å². The molecule has 0 spiro atoms. The van der Waals surface area contributed by atoms with Crippen LogP contribution < -0.4 is 10.5 Å². The lowest BCUT2D eigenvalue weighted by molar-refractivity contribution is 0.602. The van der Waals surface area contributed by atoms with Crippen LogP contribution in [0.1, 0.15) is 11.4 Å². The molecule has 0 aliphatic heterocycles. The van der Waals surface area contributed by atoms with Gasteiger partial charge in [-0.05, 0) is 32.0 Å². The lowest BCUT2D eigenvalue weighted by Crippen LogP contribution is -2.13. The molecule has 7 nitrogen and oxygen atoms in total. The monoisotopic (exact) mass is 305 g/mol. The van der Waals surface area contributed by atoms with Crippen LogP contribution in [0, 0.1) is 13.8 Å². The Morgan fingerprint density at radius 2 is 2.05 bits per heavy atom. The topological polar surface area (TPSA) is 117 Å². The van der Waals surface area contributed by atoms with E-state index in [4.69, 9.17) is 5.73 Å². The van der Waals surface area contributed by atoms with Crippen LogP contribution in [-0.2, 0) is 10.0 Å².